The molecule has 1 aliphatic heterocycles. The lowest BCUT2D eigenvalue weighted by atomic mass is 10.2. The molecule has 1 aliphatic rings. The van der Waals surface area contributed by atoms with Gasteiger partial charge in [-0.1, -0.05) is 6.07 Å². The van der Waals surface area contributed by atoms with E-state index in [1.54, 1.807) is 0 Å². The van der Waals surface area contributed by atoms with Crippen molar-refractivity contribution in [2.24, 2.45) is 0 Å². The van der Waals surface area contributed by atoms with Crippen LogP contribution in [0, 0.1) is 0 Å². The molecule has 0 aliphatic carbocycles. The number of carbonyl (C=O) groups is 1. The molecule has 1 N–H and O–H groups in total. The average molecular weight is 484 g/mol. The second-order valence-electron chi connectivity index (χ2n) is 7.15. The Balaban J connectivity index is 1.90. The minimum Gasteiger partial charge on any atom is -0.495 e. The topological polar surface area (TPSA) is 122 Å². The fourth-order valence-electron chi connectivity index (χ4n) is 3.08. The van der Waals surface area contributed by atoms with Gasteiger partial charge in [-0.25, -0.2) is 21.1 Å². The number of amides is 1. The predicted octanol–water partition coefficient (Wildman–Crippen LogP) is 1.22. The molecule has 174 valence electrons. The molecule has 3 rings (SSSR count). The number of carbonyl (C=O) groups excluding carboxylic acids is 1. The summed E-state index contributed by atoms with van der Waals surface area (Å²) in [5, 5.41) is 2.61. The highest BCUT2D eigenvalue weighted by molar-refractivity contribution is 7.89. The maximum atomic E-state index is 12.9. The van der Waals surface area contributed by atoms with Crippen molar-refractivity contribution in [3.05, 3.63) is 48.0 Å². The number of hydrogen-bond acceptors (Lipinski definition) is 7. The Morgan fingerprint density at radius 1 is 1.03 bits per heavy atom. The number of nitrogens with zero attached hydrogens (tertiary/aromatic N) is 2. The van der Waals surface area contributed by atoms with Crippen LogP contribution in [0.4, 0.5) is 5.69 Å². The first-order chi connectivity index (χ1) is 15.1. The van der Waals surface area contributed by atoms with Gasteiger partial charge in [-0.15, -0.1) is 0 Å². The highest BCUT2D eigenvalue weighted by Gasteiger charge is 2.27. The van der Waals surface area contributed by atoms with E-state index in [-0.39, 0.29) is 39.9 Å². The van der Waals surface area contributed by atoms with Crippen LogP contribution in [0.5, 0.6) is 5.75 Å². The fourth-order valence-corrected chi connectivity index (χ4v) is 5.47. The molecule has 1 amide bonds. The maximum Gasteiger partial charge on any atom is 0.255 e. The average Bonchev–Trinajstić information content (AvgIpc) is 2.79. The zero-order chi connectivity index (χ0) is 23.5. The molecule has 2 aromatic rings. The van der Waals surface area contributed by atoms with E-state index in [0.717, 1.165) is 4.31 Å². The van der Waals surface area contributed by atoms with Crippen LogP contribution in [0.15, 0.2) is 52.3 Å². The SMILES string of the molecule is COc1ccc(S(=O)(=O)N(C)C)cc1NC(=O)c1cccc(S(=O)(=O)N2CCOCC2)c1. The van der Waals surface area contributed by atoms with Crippen molar-refractivity contribution in [1.82, 2.24) is 8.61 Å². The molecule has 0 atom stereocenters. The summed E-state index contributed by atoms with van der Waals surface area (Å²) in [6.45, 7) is 1.10. The van der Waals surface area contributed by atoms with Crippen LogP contribution in [0.1, 0.15) is 10.4 Å². The molecular weight excluding hydrogens is 458 g/mol. The summed E-state index contributed by atoms with van der Waals surface area (Å²) >= 11 is 0. The second kappa shape index (κ2) is 9.55. The molecule has 12 heteroatoms. The summed E-state index contributed by atoms with van der Waals surface area (Å²) in [5.74, 6) is -0.352. The van der Waals surface area contributed by atoms with Crippen LogP contribution in [0.3, 0.4) is 0 Å². The van der Waals surface area contributed by atoms with Crippen molar-refractivity contribution in [2.45, 2.75) is 9.79 Å². The summed E-state index contributed by atoms with van der Waals surface area (Å²) in [4.78, 5) is 12.8. The molecule has 1 heterocycles. The molecule has 0 aromatic heterocycles. The normalized spacial score (nSPS) is 15.5. The summed E-state index contributed by atoms with van der Waals surface area (Å²) in [5.41, 5.74) is 0.240. The van der Waals surface area contributed by atoms with Gasteiger partial charge in [-0.2, -0.15) is 4.31 Å². The standard InChI is InChI=1S/C20H25N3O7S2/c1-22(2)31(25,26)17-7-8-19(29-3)18(14-17)21-20(24)15-5-4-6-16(13-15)32(27,28)23-9-11-30-12-10-23/h4-8,13-14H,9-12H2,1-3H3,(H,21,24). The van der Waals surface area contributed by atoms with Gasteiger partial charge < -0.3 is 14.8 Å². The fraction of sp³-hybridized carbons (Fsp3) is 0.350. The molecule has 0 spiro atoms. The number of sulfonamides is 2. The Hall–Kier alpha value is -2.51. The molecule has 0 radical (unpaired) electrons. The van der Waals surface area contributed by atoms with Gasteiger partial charge in [-0.05, 0) is 36.4 Å². The first kappa shape index (κ1) is 24.1. The lowest BCUT2D eigenvalue weighted by molar-refractivity contribution is 0.0730. The van der Waals surface area contributed by atoms with Crippen LogP contribution >= 0.6 is 0 Å². The molecule has 1 fully saturated rings. The number of morpholine rings is 1. The number of nitrogens with one attached hydrogen (secondary N) is 1. The summed E-state index contributed by atoms with van der Waals surface area (Å²) in [6.07, 6.45) is 0. The zero-order valence-corrected chi connectivity index (χ0v) is 19.6. The van der Waals surface area contributed by atoms with Crippen LogP contribution in [-0.2, 0) is 24.8 Å². The Morgan fingerprint density at radius 3 is 2.34 bits per heavy atom. The van der Waals surface area contributed by atoms with Gasteiger partial charge in [0.1, 0.15) is 5.75 Å². The quantitative estimate of drug-likeness (QED) is 0.628. The van der Waals surface area contributed by atoms with E-state index in [0.29, 0.717) is 13.2 Å². The van der Waals surface area contributed by atoms with Gasteiger partial charge in [0, 0.05) is 32.7 Å². The molecule has 0 bridgehead atoms. The number of anilines is 1. The third-order valence-electron chi connectivity index (χ3n) is 4.90. The number of rotatable bonds is 7. The maximum absolute atomic E-state index is 12.9. The predicted molar refractivity (Wildman–Crippen MR) is 118 cm³/mol. The molecule has 2 aromatic carbocycles. The highest BCUT2D eigenvalue weighted by Crippen LogP contribution is 2.29. The number of ether oxygens (including phenoxy) is 2. The van der Waals surface area contributed by atoms with Gasteiger partial charge in [0.2, 0.25) is 20.0 Å². The third kappa shape index (κ3) is 4.94. The van der Waals surface area contributed by atoms with Crippen molar-refractivity contribution < 1.29 is 31.1 Å². The van der Waals surface area contributed by atoms with Crippen molar-refractivity contribution in [3.63, 3.8) is 0 Å². The Kier molecular flexibility index (Phi) is 7.20. The van der Waals surface area contributed by atoms with E-state index < -0.39 is 26.0 Å². The Labute approximate surface area is 187 Å². The largest absolute Gasteiger partial charge is 0.495 e. The van der Waals surface area contributed by atoms with Gasteiger partial charge >= 0.3 is 0 Å². The van der Waals surface area contributed by atoms with Gasteiger partial charge in [0.05, 0.1) is 35.8 Å². The smallest absolute Gasteiger partial charge is 0.255 e. The van der Waals surface area contributed by atoms with Crippen molar-refractivity contribution in [2.75, 3.05) is 52.8 Å². The van der Waals surface area contributed by atoms with Crippen molar-refractivity contribution >= 4 is 31.6 Å². The van der Waals surface area contributed by atoms with E-state index in [9.17, 15) is 21.6 Å². The lowest BCUT2D eigenvalue weighted by Crippen LogP contribution is -2.40. The summed E-state index contributed by atoms with van der Waals surface area (Å²) in [6, 6.07) is 9.76. The Morgan fingerprint density at radius 2 is 1.72 bits per heavy atom. The zero-order valence-electron chi connectivity index (χ0n) is 17.9. The van der Waals surface area contributed by atoms with Gasteiger partial charge in [0.15, 0.2) is 0 Å². The summed E-state index contributed by atoms with van der Waals surface area (Å²) < 4.78 is 63.4. The van der Waals surface area contributed by atoms with Crippen LogP contribution in [0.25, 0.3) is 0 Å². The first-order valence-corrected chi connectivity index (χ1v) is 12.6. The molecule has 1 saturated heterocycles. The molecule has 10 nitrogen and oxygen atoms in total. The van der Waals surface area contributed by atoms with Gasteiger partial charge in [-0.3, -0.25) is 4.79 Å². The first-order valence-electron chi connectivity index (χ1n) is 9.67. The number of methoxy groups -OCH3 is 1. The lowest BCUT2D eigenvalue weighted by Gasteiger charge is -2.26. The number of benzene rings is 2. The summed E-state index contributed by atoms with van der Waals surface area (Å²) in [7, 11) is -3.32. The molecular formula is C20H25N3O7S2. The van der Waals surface area contributed by atoms with E-state index >= 15 is 0 Å². The van der Waals surface area contributed by atoms with Crippen molar-refractivity contribution in [3.8, 4) is 5.75 Å². The van der Waals surface area contributed by atoms with Crippen molar-refractivity contribution in [1.29, 1.82) is 0 Å². The van der Waals surface area contributed by atoms with E-state index in [1.165, 1.54) is 68.0 Å². The van der Waals surface area contributed by atoms with E-state index in [2.05, 4.69) is 5.32 Å². The van der Waals surface area contributed by atoms with Crippen LogP contribution in [0.2, 0.25) is 0 Å². The monoisotopic (exact) mass is 483 g/mol. The number of hydrogen-bond donors (Lipinski definition) is 1. The second-order valence-corrected chi connectivity index (χ2v) is 11.2. The molecule has 0 unspecified atom stereocenters. The molecule has 0 saturated carbocycles. The van der Waals surface area contributed by atoms with E-state index in [1.807, 2.05) is 0 Å². The van der Waals surface area contributed by atoms with Crippen LogP contribution in [-0.4, -0.2) is 78.9 Å². The third-order valence-corrected chi connectivity index (χ3v) is 8.61. The minimum absolute atomic E-state index is 0.0112. The van der Waals surface area contributed by atoms with E-state index in [4.69, 9.17) is 9.47 Å². The minimum atomic E-state index is -3.78. The Bertz CT molecular complexity index is 1210. The molecule has 32 heavy (non-hydrogen) atoms. The van der Waals surface area contributed by atoms with Gasteiger partial charge in [0.25, 0.3) is 5.91 Å². The van der Waals surface area contributed by atoms with Crippen LogP contribution < -0.4 is 10.1 Å². The highest BCUT2D eigenvalue weighted by atomic mass is 32.2.